The number of aryl methyl sites for hydroxylation is 1. The van der Waals surface area contributed by atoms with Crippen molar-refractivity contribution < 1.29 is 0 Å². The van der Waals surface area contributed by atoms with Crippen molar-refractivity contribution in [2.75, 3.05) is 26.2 Å². The molecule has 0 radical (unpaired) electrons. The molecule has 1 aromatic carbocycles. The monoisotopic (exact) mass is 258 g/mol. The fourth-order valence-corrected chi connectivity index (χ4v) is 3.80. The van der Waals surface area contributed by atoms with E-state index in [0.717, 1.165) is 12.5 Å². The lowest BCUT2D eigenvalue weighted by atomic mass is 9.82. The van der Waals surface area contributed by atoms with Crippen molar-refractivity contribution in [3.63, 3.8) is 0 Å². The van der Waals surface area contributed by atoms with Crippen LogP contribution in [0, 0.1) is 5.41 Å². The van der Waals surface area contributed by atoms with Gasteiger partial charge in [0.15, 0.2) is 0 Å². The number of likely N-dealkylation sites (tertiary alicyclic amines) is 1. The van der Waals surface area contributed by atoms with E-state index in [9.17, 15) is 0 Å². The molecule has 0 amide bonds. The Morgan fingerprint density at radius 2 is 2.21 bits per heavy atom. The minimum absolute atomic E-state index is 0.355. The van der Waals surface area contributed by atoms with Crippen molar-refractivity contribution in [2.24, 2.45) is 11.1 Å². The number of hydrogen-bond acceptors (Lipinski definition) is 2. The third-order valence-corrected chi connectivity index (χ3v) is 5.10. The van der Waals surface area contributed by atoms with Crippen LogP contribution in [0.1, 0.15) is 43.2 Å². The van der Waals surface area contributed by atoms with Gasteiger partial charge in [-0.15, -0.1) is 0 Å². The Bertz CT molecular complexity index is 443. The van der Waals surface area contributed by atoms with E-state index in [0.29, 0.717) is 5.41 Å². The molecule has 2 heteroatoms. The van der Waals surface area contributed by atoms with E-state index in [2.05, 4.69) is 36.1 Å². The second-order valence-electron chi connectivity index (χ2n) is 6.79. The number of fused-ring (bicyclic) bond motifs is 1. The Labute approximate surface area is 117 Å². The first-order chi connectivity index (χ1) is 9.20. The zero-order chi connectivity index (χ0) is 13.3. The third-order valence-electron chi connectivity index (χ3n) is 5.10. The molecule has 0 bridgehead atoms. The molecular formula is C17H26N2. The lowest BCUT2D eigenvalue weighted by molar-refractivity contribution is 0.259. The van der Waals surface area contributed by atoms with Crippen LogP contribution in [0.25, 0.3) is 0 Å². The molecule has 1 heterocycles. The summed E-state index contributed by atoms with van der Waals surface area (Å²) in [6, 6.07) is 9.04. The van der Waals surface area contributed by atoms with Crippen LogP contribution in [-0.2, 0) is 6.42 Å². The van der Waals surface area contributed by atoms with Crippen molar-refractivity contribution in [3.05, 3.63) is 35.4 Å². The SMILES string of the molecule is CC1(CN)CCN(CC2CCCc3ccccc32)C1. The highest BCUT2D eigenvalue weighted by Gasteiger charge is 2.34. The standard InChI is InChI=1S/C17H26N2/c1-17(12-18)9-10-19(13-17)11-15-7-4-6-14-5-2-3-8-16(14)15/h2-3,5,8,15H,4,6-7,9-13,18H2,1H3. The zero-order valence-corrected chi connectivity index (χ0v) is 12.1. The maximum atomic E-state index is 5.91. The molecule has 19 heavy (non-hydrogen) atoms. The van der Waals surface area contributed by atoms with E-state index in [-0.39, 0.29) is 0 Å². The van der Waals surface area contributed by atoms with Crippen molar-refractivity contribution in [3.8, 4) is 0 Å². The normalized spacial score (nSPS) is 31.4. The molecule has 1 aliphatic carbocycles. The van der Waals surface area contributed by atoms with Gasteiger partial charge in [0.05, 0.1) is 0 Å². The first kappa shape index (κ1) is 13.1. The lowest BCUT2D eigenvalue weighted by Crippen LogP contribution is -2.33. The molecule has 1 saturated heterocycles. The van der Waals surface area contributed by atoms with Crippen LogP contribution in [0.2, 0.25) is 0 Å². The Morgan fingerprint density at radius 3 is 3.00 bits per heavy atom. The van der Waals surface area contributed by atoms with Crippen molar-refractivity contribution in [1.29, 1.82) is 0 Å². The summed E-state index contributed by atoms with van der Waals surface area (Å²) in [5.74, 6) is 0.741. The highest BCUT2D eigenvalue weighted by molar-refractivity contribution is 5.32. The minimum Gasteiger partial charge on any atom is -0.330 e. The van der Waals surface area contributed by atoms with E-state index in [1.807, 2.05) is 0 Å². The van der Waals surface area contributed by atoms with E-state index in [4.69, 9.17) is 5.73 Å². The molecule has 0 aromatic heterocycles. The van der Waals surface area contributed by atoms with E-state index in [1.165, 1.54) is 45.3 Å². The fourth-order valence-electron chi connectivity index (χ4n) is 3.80. The maximum Gasteiger partial charge on any atom is 0.00506 e. The molecule has 2 nitrogen and oxygen atoms in total. The molecule has 0 spiro atoms. The summed E-state index contributed by atoms with van der Waals surface area (Å²) in [6.45, 7) is 6.80. The van der Waals surface area contributed by atoms with Gasteiger partial charge in [0, 0.05) is 13.1 Å². The molecule has 1 aliphatic heterocycles. The van der Waals surface area contributed by atoms with Gasteiger partial charge in [0.2, 0.25) is 0 Å². The van der Waals surface area contributed by atoms with E-state index >= 15 is 0 Å². The van der Waals surface area contributed by atoms with Crippen molar-refractivity contribution >= 4 is 0 Å². The number of rotatable bonds is 3. The molecule has 0 saturated carbocycles. The third kappa shape index (κ3) is 2.70. The van der Waals surface area contributed by atoms with Crippen LogP contribution in [0.4, 0.5) is 0 Å². The summed E-state index contributed by atoms with van der Waals surface area (Å²) in [5, 5.41) is 0. The van der Waals surface area contributed by atoms with Gasteiger partial charge in [-0.1, -0.05) is 31.2 Å². The van der Waals surface area contributed by atoms with Crippen LogP contribution >= 0.6 is 0 Å². The van der Waals surface area contributed by atoms with Gasteiger partial charge in [-0.05, 0) is 61.2 Å². The molecule has 2 N–H and O–H groups in total. The van der Waals surface area contributed by atoms with Gasteiger partial charge in [-0.25, -0.2) is 0 Å². The Morgan fingerprint density at radius 1 is 1.37 bits per heavy atom. The number of benzene rings is 1. The topological polar surface area (TPSA) is 29.3 Å². The first-order valence-electron chi connectivity index (χ1n) is 7.70. The van der Waals surface area contributed by atoms with Gasteiger partial charge in [0.25, 0.3) is 0 Å². The van der Waals surface area contributed by atoms with Gasteiger partial charge in [-0.2, -0.15) is 0 Å². The lowest BCUT2D eigenvalue weighted by Gasteiger charge is -2.30. The fraction of sp³-hybridized carbons (Fsp3) is 0.647. The molecule has 3 rings (SSSR count). The quantitative estimate of drug-likeness (QED) is 0.903. The first-order valence-corrected chi connectivity index (χ1v) is 7.70. The van der Waals surface area contributed by atoms with Crippen LogP contribution in [0.15, 0.2) is 24.3 Å². The zero-order valence-electron chi connectivity index (χ0n) is 12.1. The summed E-state index contributed by atoms with van der Waals surface area (Å²) in [5.41, 5.74) is 9.46. The molecular weight excluding hydrogens is 232 g/mol. The predicted molar refractivity (Wildman–Crippen MR) is 80.3 cm³/mol. The van der Waals surface area contributed by atoms with Gasteiger partial charge in [0.1, 0.15) is 0 Å². The minimum atomic E-state index is 0.355. The Kier molecular flexibility index (Phi) is 3.64. The molecule has 2 atom stereocenters. The van der Waals surface area contributed by atoms with Gasteiger partial charge in [-0.3, -0.25) is 0 Å². The molecule has 104 valence electrons. The number of nitrogens with two attached hydrogens (primary N) is 1. The Hall–Kier alpha value is -0.860. The second-order valence-corrected chi connectivity index (χ2v) is 6.79. The number of hydrogen-bond donors (Lipinski definition) is 1. The molecule has 1 fully saturated rings. The second kappa shape index (κ2) is 5.26. The highest BCUT2D eigenvalue weighted by atomic mass is 15.2. The highest BCUT2D eigenvalue weighted by Crippen LogP contribution is 2.35. The average molecular weight is 258 g/mol. The maximum absolute atomic E-state index is 5.91. The van der Waals surface area contributed by atoms with Crippen LogP contribution in [-0.4, -0.2) is 31.1 Å². The van der Waals surface area contributed by atoms with Crippen molar-refractivity contribution in [1.82, 2.24) is 4.90 Å². The van der Waals surface area contributed by atoms with E-state index < -0.39 is 0 Å². The summed E-state index contributed by atoms with van der Waals surface area (Å²) in [6.07, 6.45) is 5.24. The van der Waals surface area contributed by atoms with Crippen LogP contribution < -0.4 is 5.73 Å². The summed E-state index contributed by atoms with van der Waals surface area (Å²) < 4.78 is 0. The largest absolute Gasteiger partial charge is 0.330 e. The van der Waals surface area contributed by atoms with Gasteiger partial charge >= 0.3 is 0 Å². The summed E-state index contributed by atoms with van der Waals surface area (Å²) in [4.78, 5) is 2.64. The molecule has 2 unspecified atom stereocenters. The predicted octanol–water partition coefficient (Wildman–Crippen LogP) is 2.78. The van der Waals surface area contributed by atoms with Gasteiger partial charge < -0.3 is 10.6 Å². The summed E-state index contributed by atoms with van der Waals surface area (Å²) >= 11 is 0. The smallest absolute Gasteiger partial charge is 0.00506 e. The molecule has 2 aliphatic rings. The van der Waals surface area contributed by atoms with Crippen LogP contribution in [0.5, 0.6) is 0 Å². The molecule has 1 aromatic rings. The average Bonchev–Trinajstić information content (AvgIpc) is 2.82. The summed E-state index contributed by atoms with van der Waals surface area (Å²) in [7, 11) is 0. The number of nitrogens with zero attached hydrogens (tertiary/aromatic N) is 1. The Balaban J connectivity index is 1.69. The van der Waals surface area contributed by atoms with E-state index in [1.54, 1.807) is 11.1 Å². The van der Waals surface area contributed by atoms with Crippen molar-refractivity contribution in [2.45, 2.75) is 38.5 Å². The van der Waals surface area contributed by atoms with Crippen LogP contribution in [0.3, 0.4) is 0 Å².